The number of aromatic nitrogens is 1. The first-order valence-corrected chi connectivity index (χ1v) is 8.56. The van der Waals surface area contributed by atoms with Crippen molar-refractivity contribution in [2.45, 2.75) is 24.8 Å². The van der Waals surface area contributed by atoms with Gasteiger partial charge in [0.15, 0.2) is 0 Å². The van der Waals surface area contributed by atoms with Gasteiger partial charge in [0.25, 0.3) is 15.9 Å². The number of pyridine rings is 1. The lowest BCUT2D eigenvalue weighted by Crippen LogP contribution is -2.31. The van der Waals surface area contributed by atoms with E-state index in [4.69, 9.17) is 0 Å². The van der Waals surface area contributed by atoms with Crippen LogP contribution in [0.15, 0.2) is 53.7 Å². The highest BCUT2D eigenvalue weighted by molar-refractivity contribution is 7.92. The van der Waals surface area contributed by atoms with E-state index < -0.39 is 10.0 Å². The molecule has 1 N–H and O–H groups in total. The molecule has 7 heteroatoms. The van der Waals surface area contributed by atoms with Gasteiger partial charge in [0, 0.05) is 19.3 Å². The van der Waals surface area contributed by atoms with Crippen LogP contribution in [0.2, 0.25) is 0 Å². The Morgan fingerprint density at radius 3 is 2.43 bits per heavy atom. The second-order valence-electron chi connectivity index (χ2n) is 5.35. The van der Waals surface area contributed by atoms with Crippen LogP contribution in [-0.2, 0) is 10.0 Å². The lowest BCUT2D eigenvalue weighted by Gasteiger charge is -2.19. The number of nitrogens with zero attached hydrogens (tertiary/aromatic N) is 2. The summed E-state index contributed by atoms with van der Waals surface area (Å²) in [7, 11) is -2.26. The van der Waals surface area contributed by atoms with Crippen molar-refractivity contribution in [1.82, 2.24) is 10.3 Å². The first-order chi connectivity index (χ1) is 10.8. The third kappa shape index (κ3) is 3.87. The van der Waals surface area contributed by atoms with E-state index in [-0.39, 0.29) is 16.8 Å². The number of anilines is 1. The molecule has 0 saturated carbocycles. The van der Waals surface area contributed by atoms with Crippen LogP contribution in [0.4, 0.5) is 5.69 Å². The Hall–Kier alpha value is -2.41. The number of carbonyl (C=O) groups excluding carboxylic acids is 1. The summed E-state index contributed by atoms with van der Waals surface area (Å²) in [6, 6.07) is 9.60. The van der Waals surface area contributed by atoms with Crippen LogP contribution in [0.25, 0.3) is 0 Å². The number of hydrogen-bond acceptors (Lipinski definition) is 4. The van der Waals surface area contributed by atoms with Crippen LogP contribution in [0.5, 0.6) is 0 Å². The van der Waals surface area contributed by atoms with Gasteiger partial charge in [0.2, 0.25) is 0 Å². The Labute approximate surface area is 136 Å². The van der Waals surface area contributed by atoms with E-state index in [0.717, 1.165) is 4.31 Å². The van der Waals surface area contributed by atoms with E-state index >= 15 is 0 Å². The minimum absolute atomic E-state index is 0.0167. The fourth-order valence-electron chi connectivity index (χ4n) is 1.96. The van der Waals surface area contributed by atoms with Crippen molar-refractivity contribution in [3.8, 4) is 0 Å². The molecule has 0 aliphatic rings. The van der Waals surface area contributed by atoms with E-state index in [1.54, 1.807) is 18.2 Å². The molecule has 0 fully saturated rings. The van der Waals surface area contributed by atoms with Crippen molar-refractivity contribution in [1.29, 1.82) is 0 Å². The second kappa shape index (κ2) is 6.78. The summed E-state index contributed by atoms with van der Waals surface area (Å²) < 4.78 is 26.3. The molecule has 0 atom stereocenters. The number of carbonyl (C=O) groups is 1. The second-order valence-corrected chi connectivity index (χ2v) is 7.31. The highest BCUT2D eigenvalue weighted by atomic mass is 32.2. The average molecular weight is 333 g/mol. The largest absolute Gasteiger partial charge is 0.350 e. The van der Waals surface area contributed by atoms with E-state index in [1.165, 1.54) is 37.6 Å². The van der Waals surface area contributed by atoms with Crippen molar-refractivity contribution < 1.29 is 13.2 Å². The molecule has 0 saturated heterocycles. The Kier molecular flexibility index (Phi) is 5.00. The lowest BCUT2D eigenvalue weighted by atomic mass is 10.2. The van der Waals surface area contributed by atoms with Crippen LogP contribution >= 0.6 is 0 Å². The van der Waals surface area contributed by atoms with Gasteiger partial charge in [-0.3, -0.25) is 14.1 Å². The number of hydrogen-bond donors (Lipinski definition) is 1. The fourth-order valence-corrected chi connectivity index (χ4v) is 3.15. The maximum Gasteiger partial charge on any atom is 0.264 e. The molecule has 1 aromatic heterocycles. The van der Waals surface area contributed by atoms with Crippen molar-refractivity contribution in [3.05, 3.63) is 54.4 Å². The molecular weight excluding hydrogens is 314 g/mol. The predicted molar refractivity (Wildman–Crippen MR) is 88.9 cm³/mol. The SMILES string of the molecule is CC(C)NC(=O)c1cncc(N(C)S(=O)(=O)c2ccccc2)c1. The maximum atomic E-state index is 12.6. The molecule has 0 unspecified atom stereocenters. The first kappa shape index (κ1) is 17.0. The van der Waals surface area contributed by atoms with Crippen LogP contribution < -0.4 is 9.62 Å². The maximum absolute atomic E-state index is 12.6. The molecule has 2 aromatic rings. The third-order valence-corrected chi connectivity index (χ3v) is 4.97. The number of benzene rings is 1. The molecule has 1 aromatic carbocycles. The zero-order valence-corrected chi connectivity index (χ0v) is 14.0. The smallest absolute Gasteiger partial charge is 0.264 e. The minimum Gasteiger partial charge on any atom is -0.350 e. The summed E-state index contributed by atoms with van der Waals surface area (Å²) in [4.78, 5) is 16.2. The van der Waals surface area contributed by atoms with E-state index in [0.29, 0.717) is 11.3 Å². The van der Waals surface area contributed by atoms with Gasteiger partial charge in [-0.05, 0) is 32.0 Å². The standard InChI is InChI=1S/C16H19N3O3S/c1-12(2)18-16(20)13-9-14(11-17-10-13)19(3)23(21,22)15-7-5-4-6-8-15/h4-12H,1-3H3,(H,18,20). The Balaban J connectivity index is 2.33. The monoisotopic (exact) mass is 333 g/mol. The summed E-state index contributed by atoms with van der Waals surface area (Å²) >= 11 is 0. The van der Waals surface area contributed by atoms with E-state index in [9.17, 15) is 13.2 Å². The van der Waals surface area contributed by atoms with Crippen molar-refractivity contribution in [3.63, 3.8) is 0 Å². The summed E-state index contributed by atoms with van der Waals surface area (Å²) in [6.07, 6.45) is 2.82. The predicted octanol–water partition coefficient (Wildman–Crippen LogP) is 2.04. The average Bonchev–Trinajstić information content (AvgIpc) is 2.54. The highest BCUT2D eigenvalue weighted by Gasteiger charge is 2.22. The molecular formula is C16H19N3O3S. The van der Waals surface area contributed by atoms with Gasteiger partial charge in [0.05, 0.1) is 22.3 Å². The summed E-state index contributed by atoms with van der Waals surface area (Å²) in [6.45, 7) is 3.70. The molecule has 6 nitrogen and oxygen atoms in total. The molecule has 0 bridgehead atoms. The van der Waals surface area contributed by atoms with Gasteiger partial charge in [-0.25, -0.2) is 8.42 Å². The molecule has 0 aliphatic carbocycles. The van der Waals surface area contributed by atoms with Crippen LogP contribution in [-0.4, -0.2) is 32.4 Å². The number of sulfonamides is 1. The normalized spacial score (nSPS) is 11.3. The summed E-state index contributed by atoms with van der Waals surface area (Å²) in [5, 5.41) is 2.75. The van der Waals surface area contributed by atoms with E-state index in [1.807, 2.05) is 13.8 Å². The zero-order chi connectivity index (χ0) is 17.0. The molecule has 23 heavy (non-hydrogen) atoms. The van der Waals surface area contributed by atoms with Gasteiger partial charge in [-0.1, -0.05) is 18.2 Å². The minimum atomic E-state index is -3.70. The summed E-state index contributed by atoms with van der Waals surface area (Å²) in [5.41, 5.74) is 0.636. The molecule has 2 rings (SSSR count). The molecule has 1 heterocycles. The molecule has 0 aliphatic heterocycles. The Bertz CT molecular complexity index is 789. The third-order valence-electron chi connectivity index (χ3n) is 3.17. The topological polar surface area (TPSA) is 79.4 Å². The van der Waals surface area contributed by atoms with Gasteiger partial charge < -0.3 is 5.32 Å². The molecule has 0 radical (unpaired) electrons. The highest BCUT2D eigenvalue weighted by Crippen LogP contribution is 2.21. The molecule has 0 spiro atoms. The van der Waals surface area contributed by atoms with Gasteiger partial charge in [-0.15, -0.1) is 0 Å². The van der Waals surface area contributed by atoms with Crippen molar-refractivity contribution in [2.75, 3.05) is 11.4 Å². The van der Waals surface area contributed by atoms with Gasteiger partial charge in [-0.2, -0.15) is 0 Å². The quantitative estimate of drug-likeness (QED) is 0.908. The number of nitrogens with one attached hydrogen (secondary N) is 1. The Morgan fingerprint density at radius 2 is 1.83 bits per heavy atom. The Morgan fingerprint density at radius 1 is 1.17 bits per heavy atom. The van der Waals surface area contributed by atoms with Crippen LogP contribution in [0.1, 0.15) is 24.2 Å². The zero-order valence-electron chi connectivity index (χ0n) is 13.2. The van der Waals surface area contributed by atoms with Crippen LogP contribution in [0, 0.1) is 0 Å². The molecule has 1 amide bonds. The van der Waals surface area contributed by atoms with E-state index in [2.05, 4.69) is 10.3 Å². The number of rotatable bonds is 5. The summed E-state index contributed by atoms with van der Waals surface area (Å²) in [5.74, 6) is -0.292. The first-order valence-electron chi connectivity index (χ1n) is 7.12. The van der Waals surface area contributed by atoms with Crippen molar-refractivity contribution in [2.24, 2.45) is 0 Å². The molecule has 122 valence electrons. The lowest BCUT2D eigenvalue weighted by molar-refractivity contribution is 0.0942. The van der Waals surface area contributed by atoms with Gasteiger partial charge in [0.1, 0.15) is 0 Å². The van der Waals surface area contributed by atoms with Crippen LogP contribution in [0.3, 0.4) is 0 Å². The van der Waals surface area contributed by atoms with Gasteiger partial charge >= 0.3 is 0 Å². The van der Waals surface area contributed by atoms with Crippen molar-refractivity contribution >= 4 is 21.6 Å². The number of amides is 1. The fraction of sp³-hybridized carbons (Fsp3) is 0.250.